The first-order chi connectivity index (χ1) is 21.6. The van der Waals surface area contributed by atoms with Crippen LogP contribution in [-0.4, -0.2) is 59.9 Å². The van der Waals surface area contributed by atoms with Gasteiger partial charge in [-0.15, -0.1) is 0 Å². The molecule has 0 heterocycles. The average molecular weight is 658 g/mol. The lowest BCUT2D eigenvalue weighted by molar-refractivity contribution is -0.161. The summed E-state index contributed by atoms with van der Waals surface area (Å²) >= 11 is 0. The predicted molar refractivity (Wildman–Crippen MR) is 175 cm³/mol. The number of carbonyl (C=O) groups excluding carboxylic acids is 2. The topological polar surface area (TPSA) is 172 Å². The third-order valence-electron chi connectivity index (χ3n) is 6.39. The SMILES string of the molecule is CC/C=C/C=C/C=C/CCCCCCCC(=O)OC(COC(=O)CC/C=C/CCCCCC)COP(=O)(O)OC[C@H](N)C(=O)O. The van der Waals surface area contributed by atoms with Crippen molar-refractivity contribution in [1.29, 1.82) is 0 Å². The van der Waals surface area contributed by atoms with Crippen LogP contribution in [0.15, 0.2) is 48.6 Å². The molecule has 12 heteroatoms. The zero-order valence-corrected chi connectivity index (χ0v) is 28.1. The fourth-order valence-electron chi connectivity index (χ4n) is 3.78. The van der Waals surface area contributed by atoms with Gasteiger partial charge in [0.2, 0.25) is 0 Å². The summed E-state index contributed by atoms with van der Waals surface area (Å²) < 4.78 is 32.3. The largest absolute Gasteiger partial charge is 0.480 e. The quantitative estimate of drug-likeness (QED) is 0.0246. The number of nitrogens with two attached hydrogens (primary N) is 1. The molecule has 0 saturated heterocycles. The summed E-state index contributed by atoms with van der Waals surface area (Å²) in [4.78, 5) is 45.4. The van der Waals surface area contributed by atoms with Crippen molar-refractivity contribution >= 4 is 25.7 Å². The fraction of sp³-hybridized carbons (Fsp3) is 0.667. The van der Waals surface area contributed by atoms with Crippen LogP contribution in [0.5, 0.6) is 0 Å². The minimum absolute atomic E-state index is 0.129. The predicted octanol–water partition coefficient (Wildman–Crippen LogP) is 7.10. The number of ether oxygens (including phenoxy) is 2. The molecule has 0 amide bonds. The molecule has 3 atom stereocenters. The maximum Gasteiger partial charge on any atom is 0.472 e. The molecule has 11 nitrogen and oxygen atoms in total. The van der Waals surface area contributed by atoms with E-state index in [2.05, 4.69) is 30.5 Å². The Morgan fingerprint density at radius 3 is 2.00 bits per heavy atom. The van der Waals surface area contributed by atoms with E-state index in [-0.39, 0.29) is 19.4 Å². The molecular weight excluding hydrogens is 601 g/mol. The summed E-state index contributed by atoms with van der Waals surface area (Å²) in [6.07, 6.45) is 28.0. The van der Waals surface area contributed by atoms with Crippen molar-refractivity contribution in [2.24, 2.45) is 5.73 Å². The highest BCUT2D eigenvalue weighted by Crippen LogP contribution is 2.43. The first kappa shape index (κ1) is 42.4. The minimum Gasteiger partial charge on any atom is -0.480 e. The number of aliphatic carboxylic acids is 1. The minimum atomic E-state index is -4.71. The third-order valence-corrected chi connectivity index (χ3v) is 7.34. The first-order valence-corrected chi connectivity index (χ1v) is 17.7. The van der Waals surface area contributed by atoms with Gasteiger partial charge in [0.05, 0.1) is 13.2 Å². The summed E-state index contributed by atoms with van der Waals surface area (Å²) in [5.41, 5.74) is 5.28. The Morgan fingerprint density at radius 2 is 1.31 bits per heavy atom. The molecule has 0 saturated carbocycles. The number of carbonyl (C=O) groups is 3. The summed E-state index contributed by atoms with van der Waals surface area (Å²) in [7, 11) is -4.71. The van der Waals surface area contributed by atoms with E-state index in [1.807, 2.05) is 36.5 Å². The van der Waals surface area contributed by atoms with Crippen molar-refractivity contribution in [3.63, 3.8) is 0 Å². The molecule has 0 fully saturated rings. The van der Waals surface area contributed by atoms with Crippen LogP contribution in [0.25, 0.3) is 0 Å². The van der Waals surface area contributed by atoms with E-state index >= 15 is 0 Å². The van der Waals surface area contributed by atoms with Gasteiger partial charge < -0.3 is 25.2 Å². The first-order valence-electron chi connectivity index (χ1n) is 16.2. The van der Waals surface area contributed by atoms with Gasteiger partial charge >= 0.3 is 25.7 Å². The molecule has 45 heavy (non-hydrogen) atoms. The Morgan fingerprint density at radius 1 is 0.711 bits per heavy atom. The summed E-state index contributed by atoms with van der Waals surface area (Å²) in [6.45, 7) is 2.50. The molecule has 4 N–H and O–H groups in total. The number of phosphoric acid groups is 1. The molecule has 0 aromatic heterocycles. The number of phosphoric ester groups is 1. The van der Waals surface area contributed by atoms with Gasteiger partial charge in [-0.1, -0.05) is 101 Å². The maximum atomic E-state index is 12.5. The van der Waals surface area contributed by atoms with Crippen LogP contribution < -0.4 is 5.73 Å². The molecule has 0 aliphatic carbocycles. The van der Waals surface area contributed by atoms with E-state index < -0.39 is 51.1 Å². The average Bonchev–Trinajstić information content (AvgIpc) is 3.00. The van der Waals surface area contributed by atoms with Crippen molar-refractivity contribution in [1.82, 2.24) is 0 Å². The number of hydrogen-bond donors (Lipinski definition) is 3. The van der Waals surface area contributed by atoms with Gasteiger partial charge in [-0.3, -0.25) is 23.4 Å². The van der Waals surface area contributed by atoms with Crippen LogP contribution in [0.4, 0.5) is 0 Å². The van der Waals surface area contributed by atoms with E-state index in [9.17, 15) is 23.8 Å². The highest BCUT2D eigenvalue weighted by Gasteiger charge is 2.28. The monoisotopic (exact) mass is 657 g/mol. The molecule has 0 spiro atoms. The molecule has 0 aliphatic rings. The molecule has 0 aromatic carbocycles. The standard InChI is InChI=1S/C33H56NO10P/c1-3-5-7-9-11-13-14-15-16-17-19-21-23-25-32(36)44-29(27-42-45(39,40)43-28-30(34)33(37)38)26-41-31(35)24-22-20-18-12-10-8-6-4-2/h5,7,9,11,13-14,18,20,29-30H,3-4,6,8,10,12,15-17,19,21-28,34H2,1-2H3,(H,37,38)(H,39,40)/b7-5+,11-9+,14-13+,20-18+/t29?,30-/m0/s1. The second-order valence-electron chi connectivity index (χ2n) is 10.6. The van der Waals surface area contributed by atoms with Crippen LogP contribution >= 0.6 is 7.82 Å². The van der Waals surface area contributed by atoms with Gasteiger partial charge in [-0.05, 0) is 44.9 Å². The Labute approximate surface area is 269 Å². The molecule has 2 unspecified atom stereocenters. The van der Waals surface area contributed by atoms with Crippen molar-refractivity contribution in [2.45, 2.75) is 122 Å². The normalized spacial score (nSPS) is 14.8. The van der Waals surface area contributed by atoms with Gasteiger partial charge in [0.25, 0.3) is 0 Å². The van der Waals surface area contributed by atoms with Gasteiger partial charge in [-0.25, -0.2) is 4.57 Å². The summed E-state index contributed by atoms with van der Waals surface area (Å²) in [5.74, 6) is -2.49. The Balaban J connectivity index is 4.61. The van der Waals surface area contributed by atoms with E-state index in [0.29, 0.717) is 12.8 Å². The van der Waals surface area contributed by atoms with Crippen molar-refractivity contribution < 1.29 is 47.5 Å². The lowest BCUT2D eigenvalue weighted by Crippen LogP contribution is -2.34. The zero-order valence-electron chi connectivity index (χ0n) is 27.2. The molecule has 0 aliphatic heterocycles. The third kappa shape index (κ3) is 28.6. The van der Waals surface area contributed by atoms with E-state index in [1.165, 1.54) is 19.3 Å². The number of allylic oxidation sites excluding steroid dienone is 8. The van der Waals surface area contributed by atoms with Gasteiger partial charge in [0.15, 0.2) is 6.10 Å². The molecule has 0 radical (unpaired) electrons. The lowest BCUT2D eigenvalue weighted by atomic mass is 10.1. The molecule has 0 aromatic rings. The number of carboxylic acid groups (broad SMARTS) is 1. The zero-order chi connectivity index (χ0) is 33.6. The summed E-state index contributed by atoms with van der Waals surface area (Å²) in [5, 5.41) is 8.81. The van der Waals surface area contributed by atoms with Gasteiger partial charge in [0.1, 0.15) is 12.6 Å². The van der Waals surface area contributed by atoms with E-state index in [1.54, 1.807) is 0 Å². The van der Waals surface area contributed by atoms with Gasteiger partial charge in [0, 0.05) is 12.8 Å². The second-order valence-corrected chi connectivity index (χ2v) is 12.1. The number of esters is 2. The smallest absolute Gasteiger partial charge is 0.472 e. The number of hydrogen-bond acceptors (Lipinski definition) is 9. The van der Waals surface area contributed by atoms with Crippen LogP contribution in [0.2, 0.25) is 0 Å². The van der Waals surface area contributed by atoms with Crippen LogP contribution in [0.1, 0.15) is 110 Å². The van der Waals surface area contributed by atoms with Crippen LogP contribution in [-0.2, 0) is 37.5 Å². The molecule has 258 valence electrons. The Hall–Kier alpha value is -2.56. The van der Waals surface area contributed by atoms with Gasteiger partial charge in [-0.2, -0.15) is 0 Å². The maximum absolute atomic E-state index is 12.5. The second kappa shape index (κ2) is 28.9. The molecular formula is C33H56NO10P. The van der Waals surface area contributed by atoms with Crippen molar-refractivity contribution in [3.8, 4) is 0 Å². The lowest BCUT2D eigenvalue weighted by Gasteiger charge is -2.20. The molecule has 0 rings (SSSR count). The van der Waals surface area contributed by atoms with E-state index in [4.69, 9.17) is 24.8 Å². The highest BCUT2D eigenvalue weighted by atomic mass is 31.2. The molecule has 0 bridgehead atoms. The number of carboxylic acids is 1. The fourth-order valence-corrected chi connectivity index (χ4v) is 4.56. The van der Waals surface area contributed by atoms with Crippen LogP contribution in [0.3, 0.4) is 0 Å². The highest BCUT2D eigenvalue weighted by molar-refractivity contribution is 7.47. The van der Waals surface area contributed by atoms with Crippen LogP contribution in [0, 0.1) is 0 Å². The Kier molecular flexibility index (Phi) is 27.2. The van der Waals surface area contributed by atoms with Crippen molar-refractivity contribution in [3.05, 3.63) is 48.6 Å². The number of rotatable bonds is 29. The van der Waals surface area contributed by atoms with Crippen molar-refractivity contribution in [2.75, 3.05) is 19.8 Å². The Bertz CT molecular complexity index is 963. The summed E-state index contributed by atoms with van der Waals surface area (Å²) in [6, 6.07) is -1.53. The van der Waals surface area contributed by atoms with E-state index in [0.717, 1.165) is 51.4 Å². The number of unbranched alkanes of at least 4 members (excludes halogenated alkanes) is 9.